The maximum Gasteiger partial charge on any atom is 0.120 e. The van der Waals surface area contributed by atoms with Crippen molar-refractivity contribution >= 4 is 16.6 Å². The van der Waals surface area contributed by atoms with Crippen LogP contribution < -0.4 is 10.1 Å². The van der Waals surface area contributed by atoms with Crippen molar-refractivity contribution in [2.75, 3.05) is 18.5 Å². The minimum absolute atomic E-state index is 0.608. The van der Waals surface area contributed by atoms with Crippen molar-refractivity contribution in [3.8, 4) is 5.75 Å². The number of pyridine rings is 1. The summed E-state index contributed by atoms with van der Waals surface area (Å²) < 4.78 is 5.59. The minimum atomic E-state index is 0.608. The first kappa shape index (κ1) is 14.6. The number of anilines is 1. The van der Waals surface area contributed by atoms with Gasteiger partial charge in [0, 0.05) is 23.3 Å². The van der Waals surface area contributed by atoms with Gasteiger partial charge in [-0.25, -0.2) is 0 Å². The van der Waals surface area contributed by atoms with Crippen molar-refractivity contribution in [2.24, 2.45) is 5.92 Å². The standard InChI is InChI=1S/C17H24N2O/c1-5-18-17-10-13(9-12(3)4)19-16-8-7-14(20-6-2)11-15(16)17/h7-8,10-12H,5-6,9H2,1-4H3,(H,18,19). The highest BCUT2D eigenvalue weighted by molar-refractivity contribution is 5.92. The molecule has 0 bridgehead atoms. The second-order valence-corrected chi connectivity index (χ2v) is 5.40. The van der Waals surface area contributed by atoms with Gasteiger partial charge in [-0.2, -0.15) is 0 Å². The first-order valence-electron chi connectivity index (χ1n) is 7.44. The van der Waals surface area contributed by atoms with Crippen molar-refractivity contribution in [3.63, 3.8) is 0 Å². The largest absolute Gasteiger partial charge is 0.494 e. The monoisotopic (exact) mass is 272 g/mol. The molecule has 2 aromatic rings. The molecule has 0 radical (unpaired) electrons. The van der Waals surface area contributed by atoms with Crippen molar-refractivity contribution in [1.29, 1.82) is 0 Å². The van der Waals surface area contributed by atoms with E-state index in [1.807, 2.05) is 19.1 Å². The molecule has 1 aromatic heterocycles. The Bertz CT molecular complexity index is 578. The van der Waals surface area contributed by atoms with Gasteiger partial charge in [-0.15, -0.1) is 0 Å². The van der Waals surface area contributed by atoms with Gasteiger partial charge in [0.1, 0.15) is 5.75 Å². The van der Waals surface area contributed by atoms with Crippen LogP contribution >= 0.6 is 0 Å². The molecule has 0 atom stereocenters. The highest BCUT2D eigenvalue weighted by Gasteiger charge is 2.08. The third-order valence-corrected chi connectivity index (χ3v) is 3.13. The summed E-state index contributed by atoms with van der Waals surface area (Å²) in [6, 6.07) is 8.28. The third-order valence-electron chi connectivity index (χ3n) is 3.13. The summed E-state index contributed by atoms with van der Waals surface area (Å²) in [5, 5.41) is 4.57. The van der Waals surface area contributed by atoms with E-state index in [1.165, 1.54) is 0 Å². The molecule has 0 aliphatic heterocycles. The second kappa shape index (κ2) is 6.60. The fraction of sp³-hybridized carbons (Fsp3) is 0.471. The zero-order chi connectivity index (χ0) is 14.5. The first-order valence-corrected chi connectivity index (χ1v) is 7.44. The van der Waals surface area contributed by atoms with E-state index in [1.54, 1.807) is 0 Å². The number of ether oxygens (including phenoxy) is 1. The predicted molar refractivity (Wildman–Crippen MR) is 85.6 cm³/mol. The average molecular weight is 272 g/mol. The average Bonchev–Trinajstić information content (AvgIpc) is 2.39. The second-order valence-electron chi connectivity index (χ2n) is 5.40. The molecular formula is C17H24N2O. The molecule has 1 heterocycles. The van der Waals surface area contributed by atoms with Crippen molar-refractivity contribution in [1.82, 2.24) is 4.98 Å². The summed E-state index contributed by atoms with van der Waals surface area (Å²) in [6.07, 6.45) is 1.00. The molecule has 1 N–H and O–H groups in total. The molecule has 0 saturated heterocycles. The fourth-order valence-electron chi connectivity index (χ4n) is 2.38. The Kier molecular flexibility index (Phi) is 4.83. The number of nitrogens with zero attached hydrogens (tertiary/aromatic N) is 1. The van der Waals surface area contributed by atoms with Gasteiger partial charge < -0.3 is 10.1 Å². The summed E-state index contributed by atoms with van der Waals surface area (Å²) in [5.74, 6) is 1.51. The van der Waals surface area contributed by atoms with Gasteiger partial charge in [-0.05, 0) is 50.5 Å². The van der Waals surface area contributed by atoms with Crippen molar-refractivity contribution < 1.29 is 4.74 Å². The zero-order valence-electron chi connectivity index (χ0n) is 12.9. The van der Waals surface area contributed by atoms with Gasteiger partial charge in [-0.1, -0.05) is 13.8 Å². The van der Waals surface area contributed by atoms with E-state index in [4.69, 9.17) is 9.72 Å². The smallest absolute Gasteiger partial charge is 0.120 e. The summed E-state index contributed by atoms with van der Waals surface area (Å²) in [6.45, 7) is 10.1. The maximum absolute atomic E-state index is 5.59. The molecule has 0 spiro atoms. The van der Waals surface area contributed by atoms with E-state index in [-0.39, 0.29) is 0 Å². The number of hydrogen-bond acceptors (Lipinski definition) is 3. The van der Waals surface area contributed by atoms with Crippen LogP contribution in [0.15, 0.2) is 24.3 Å². The lowest BCUT2D eigenvalue weighted by molar-refractivity contribution is 0.340. The van der Waals surface area contributed by atoms with Crippen LogP contribution in [0.1, 0.15) is 33.4 Å². The first-order chi connectivity index (χ1) is 9.63. The fourth-order valence-corrected chi connectivity index (χ4v) is 2.38. The molecule has 2 rings (SSSR count). The maximum atomic E-state index is 5.59. The van der Waals surface area contributed by atoms with Crippen LogP contribution in [0.25, 0.3) is 10.9 Å². The summed E-state index contributed by atoms with van der Waals surface area (Å²) >= 11 is 0. The van der Waals surface area contributed by atoms with Crippen LogP contribution in [0.3, 0.4) is 0 Å². The Morgan fingerprint density at radius 2 is 2.00 bits per heavy atom. The number of benzene rings is 1. The molecular weight excluding hydrogens is 248 g/mol. The molecule has 0 aliphatic rings. The number of rotatable bonds is 6. The lowest BCUT2D eigenvalue weighted by Crippen LogP contribution is -2.03. The van der Waals surface area contributed by atoms with Crippen LogP contribution in [0.5, 0.6) is 5.75 Å². The Labute approximate surface area is 121 Å². The summed E-state index contributed by atoms with van der Waals surface area (Å²) in [7, 11) is 0. The van der Waals surface area contributed by atoms with Gasteiger partial charge >= 0.3 is 0 Å². The van der Waals surface area contributed by atoms with E-state index < -0.39 is 0 Å². The number of aromatic nitrogens is 1. The molecule has 20 heavy (non-hydrogen) atoms. The molecule has 0 fully saturated rings. The Morgan fingerprint density at radius 1 is 1.20 bits per heavy atom. The highest BCUT2D eigenvalue weighted by Crippen LogP contribution is 2.28. The summed E-state index contributed by atoms with van der Waals surface area (Å²) in [5.41, 5.74) is 3.32. The lowest BCUT2D eigenvalue weighted by Gasteiger charge is -2.13. The molecule has 0 aliphatic carbocycles. The molecule has 3 heteroatoms. The van der Waals surface area contributed by atoms with Crippen LogP contribution in [0.2, 0.25) is 0 Å². The molecule has 0 amide bonds. The van der Waals surface area contributed by atoms with Gasteiger partial charge in [0.25, 0.3) is 0 Å². The van der Waals surface area contributed by atoms with Gasteiger partial charge in [-0.3, -0.25) is 4.98 Å². The van der Waals surface area contributed by atoms with E-state index in [0.29, 0.717) is 12.5 Å². The quantitative estimate of drug-likeness (QED) is 0.853. The van der Waals surface area contributed by atoms with Crippen LogP contribution in [0.4, 0.5) is 5.69 Å². The van der Waals surface area contributed by atoms with E-state index >= 15 is 0 Å². The third kappa shape index (κ3) is 3.41. The normalized spacial score (nSPS) is 11.1. The number of fused-ring (bicyclic) bond motifs is 1. The van der Waals surface area contributed by atoms with Crippen molar-refractivity contribution in [3.05, 3.63) is 30.0 Å². The Balaban J connectivity index is 2.49. The molecule has 0 saturated carbocycles. The van der Waals surface area contributed by atoms with Crippen LogP contribution in [-0.4, -0.2) is 18.1 Å². The minimum Gasteiger partial charge on any atom is -0.494 e. The molecule has 1 aromatic carbocycles. The Morgan fingerprint density at radius 3 is 2.65 bits per heavy atom. The van der Waals surface area contributed by atoms with Gasteiger partial charge in [0.05, 0.1) is 12.1 Å². The van der Waals surface area contributed by atoms with E-state index in [9.17, 15) is 0 Å². The number of hydrogen-bond donors (Lipinski definition) is 1. The SMILES string of the molecule is CCNc1cc(CC(C)C)nc2ccc(OCC)cc12. The molecule has 108 valence electrons. The Hall–Kier alpha value is -1.77. The predicted octanol–water partition coefficient (Wildman–Crippen LogP) is 4.26. The lowest BCUT2D eigenvalue weighted by atomic mass is 10.1. The van der Waals surface area contributed by atoms with E-state index in [0.717, 1.165) is 41.0 Å². The van der Waals surface area contributed by atoms with Crippen LogP contribution in [-0.2, 0) is 6.42 Å². The molecule has 3 nitrogen and oxygen atoms in total. The van der Waals surface area contributed by atoms with Gasteiger partial charge in [0.15, 0.2) is 0 Å². The van der Waals surface area contributed by atoms with Crippen molar-refractivity contribution in [2.45, 2.75) is 34.1 Å². The highest BCUT2D eigenvalue weighted by atomic mass is 16.5. The zero-order valence-corrected chi connectivity index (χ0v) is 12.9. The van der Waals surface area contributed by atoms with Crippen LogP contribution in [0, 0.1) is 5.92 Å². The van der Waals surface area contributed by atoms with E-state index in [2.05, 4.69) is 38.2 Å². The molecule has 0 unspecified atom stereocenters. The summed E-state index contributed by atoms with van der Waals surface area (Å²) in [4.78, 5) is 4.76. The topological polar surface area (TPSA) is 34.2 Å². The van der Waals surface area contributed by atoms with Gasteiger partial charge in [0.2, 0.25) is 0 Å². The number of nitrogens with one attached hydrogen (secondary N) is 1.